The first kappa shape index (κ1) is 17.0. The molecule has 0 aliphatic carbocycles. The maximum atomic E-state index is 12.1. The first-order valence-electron chi connectivity index (χ1n) is 8.08. The number of nitrogens with one attached hydrogen (secondary N) is 2. The maximum absolute atomic E-state index is 12.1. The van der Waals surface area contributed by atoms with E-state index in [9.17, 15) is 4.79 Å². The van der Waals surface area contributed by atoms with E-state index in [1.165, 1.54) is 5.56 Å². The molecular formula is C18H28N2O2. The number of benzene rings is 1. The van der Waals surface area contributed by atoms with Crippen LogP contribution in [0.4, 0.5) is 0 Å². The third kappa shape index (κ3) is 4.82. The molecule has 1 aromatic rings. The summed E-state index contributed by atoms with van der Waals surface area (Å²) in [5, 5.41) is 6.30. The summed E-state index contributed by atoms with van der Waals surface area (Å²) in [7, 11) is 0. The SMILES string of the molecule is CC(NC(=O)CC1CNCCO1)c1ccc(C(C)(C)C)cc1. The topological polar surface area (TPSA) is 50.4 Å². The van der Waals surface area contributed by atoms with Crippen molar-refractivity contribution < 1.29 is 9.53 Å². The van der Waals surface area contributed by atoms with Crippen molar-refractivity contribution in [3.05, 3.63) is 35.4 Å². The zero-order valence-electron chi connectivity index (χ0n) is 14.1. The van der Waals surface area contributed by atoms with Gasteiger partial charge in [-0.15, -0.1) is 0 Å². The second kappa shape index (κ2) is 7.25. The molecule has 2 N–H and O–H groups in total. The summed E-state index contributed by atoms with van der Waals surface area (Å²) in [5.74, 6) is 0.0427. The van der Waals surface area contributed by atoms with Gasteiger partial charge in [-0.25, -0.2) is 0 Å². The lowest BCUT2D eigenvalue weighted by atomic mass is 9.86. The van der Waals surface area contributed by atoms with Crippen LogP contribution in [0.5, 0.6) is 0 Å². The molecule has 4 nitrogen and oxygen atoms in total. The Labute approximate surface area is 133 Å². The smallest absolute Gasteiger partial charge is 0.223 e. The van der Waals surface area contributed by atoms with Gasteiger partial charge < -0.3 is 15.4 Å². The molecular weight excluding hydrogens is 276 g/mol. The zero-order valence-corrected chi connectivity index (χ0v) is 14.1. The first-order chi connectivity index (χ1) is 10.4. The standard InChI is InChI=1S/C18H28N2O2/c1-13(14-5-7-15(8-6-14)18(2,3)4)20-17(21)11-16-12-19-9-10-22-16/h5-8,13,16,19H,9-12H2,1-4H3,(H,20,21). The normalized spacial score (nSPS) is 20.5. The molecule has 0 aromatic heterocycles. The van der Waals surface area contributed by atoms with Crippen LogP contribution in [0, 0.1) is 0 Å². The number of amides is 1. The number of rotatable bonds is 4. The van der Waals surface area contributed by atoms with E-state index in [4.69, 9.17) is 4.74 Å². The second-order valence-electron chi connectivity index (χ2n) is 7.06. The Bertz CT molecular complexity index is 485. The molecule has 0 saturated carbocycles. The van der Waals surface area contributed by atoms with Gasteiger partial charge in [-0.05, 0) is 23.5 Å². The van der Waals surface area contributed by atoms with E-state index in [1.807, 2.05) is 6.92 Å². The maximum Gasteiger partial charge on any atom is 0.223 e. The lowest BCUT2D eigenvalue weighted by Gasteiger charge is -2.24. The lowest BCUT2D eigenvalue weighted by molar-refractivity contribution is -0.125. The van der Waals surface area contributed by atoms with Crippen molar-refractivity contribution in [3.63, 3.8) is 0 Å². The summed E-state index contributed by atoms with van der Waals surface area (Å²) in [5.41, 5.74) is 2.58. The lowest BCUT2D eigenvalue weighted by Crippen LogP contribution is -2.41. The minimum absolute atomic E-state index is 0.00998. The van der Waals surface area contributed by atoms with Gasteiger partial charge in [0.1, 0.15) is 0 Å². The van der Waals surface area contributed by atoms with E-state index >= 15 is 0 Å². The second-order valence-corrected chi connectivity index (χ2v) is 7.06. The number of hydrogen-bond donors (Lipinski definition) is 2. The highest BCUT2D eigenvalue weighted by molar-refractivity contribution is 5.77. The van der Waals surface area contributed by atoms with Crippen LogP contribution >= 0.6 is 0 Å². The quantitative estimate of drug-likeness (QED) is 0.899. The Balaban J connectivity index is 1.88. The zero-order chi connectivity index (χ0) is 16.2. The molecule has 1 aliphatic rings. The molecule has 0 bridgehead atoms. The van der Waals surface area contributed by atoms with Crippen LogP contribution in [0.1, 0.15) is 51.3 Å². The van der Waals surface area contributed by atoms with Gasteiger partial charge in [0.2, 0.25) is 5.91 Å². The molecule has 0 spiro atoms. The first-order valence-corrected chi connectivity index (χ1v) is 8.08. The molecule has 4 heteroatoms. The fraction of sp³-hybridized carbons (Fsp3) is 0.611. The minimum atomic E-state index is -0.00998. The van der Waals surface area contributed by atoms with Crippen molar-refractivity contribution in [2.24, 2.45) is 0 Å². The predicted octanol–water partition coefficient (Wildman–Crippen LogP) is 2.54. The highest BCUT2D eigenvalue weighted by Gasteiger charge is 2.19. The molecule has 1 fully saturated rings. The van der Waals surface area contributed by atoms with Gasteiger partial charge in [-0.2, -0.15) is 0 Å². The Kier molecular flexibility index (Phi) is 5.59. The molecule has 1 aliphatic heterocycles. The number of hydrogen-bond acceptors (Lipinski definition) is 3. The van der Waals surface area contributed by atoms with Crippen LogP contribution in [0.15, 0.2) is 24.3 Å². The van der Waals surface area contributed by atoms with Crippen molar-refractivity contribution >= 4 is 5.91 Å². The third-order valence-electron chi connectivity index (χ3n) is 4.07. The van der Waals surface area contributed by atoms with Crippen molar-refractivity contribution in [1.82, 2.24) is 10.6 Å². The molecule has 1 saturated heterocycles. The van der Waals surface area contributed by atoms with E-state index < -0.39 is 0 Å². The third-order valence-corrected chi connectivity index (χ3v) is 4.07. The summed E-state index contributed by atoms with van der Waals surface area (Å²) in [4.78, 5) is 12.1. The van der Waals surface area contributed by atoms with Crippen molar-refractivity contribution in [3.8, 4) is 0 Å². The van der Waals surface area contributed by atoms with Gasteiger partial charge in [0.25, 0.3) is 0 Å². The average molecular weight is 304 g/mol. The Morgan fingerprint density at radius 3 is 2.59 bits per heavy atom. The largest absolute Gasteiger partial charge is 0.375 e. The summed E-state index contributed by atoms with van der Waals surface area (Å²) in [6.45, 7) is 10.9. The molecule has 0 radical (unpaired) electrons. The molecule has 2 atom stereocenters. The van der Waals surface area contributed by atoms with Gasteiger partial charge >= 0.3 is 0 Å². The Morgan fingerprint density at radius 1 is 1.36 bits per heavy atom. The molecule has 22 heavy (non-hydrogen) atoms. The summed E-state index contributed by atoms with van der Waals surface area (Å²) < 4.78 is 5.57. The Hall–Kier alpha value is -1.39. The van der Waals surface area contributed by atoms with E-state index in [1.54, 1.807) is 0 Å². The van der Waals surface area contributed by atoms with Crippen LogP contribution < -0.4 is 10.6 Å². The minimum Gasteiger partial charge on any atom is -0.375 e. The molecule has 1 aromatic carbocycles. The molecule has 122 valence electrons. The fourth-order valence-corrected chi connectivity index (χ4v) is 2.61. The van der Waals surface area contributed by atoms with Crippen molar-refractivity contribution in [1.29, 1.82) is 0 Å². The van der Waals surface area contributed by atoms with Gasteiger partial charge in [0.05, 0.1) is 25.2 Å². The number of carbonyl (C=O) groups is 1. The van der Waals surface area contributed by atoms with Gasteiger partial charge in [-0.1, -0.05) is 45.0 Å². The van der Waals surface area contributed by atoms with E-state index in [0.29, 0.717) is 13.0 Å². The van der Waals surface area contributed by atoms with Gasteiger partial charge in [-0.3, -0.25) is 4.79 Å². The summed E-state index contributed by atoms with van der Waals surface area (Å²) in [6.07, 6.45) is 0.404. The number of morpholine rings is 1. The molecule has 1 amide bonds. The average Bonchev–Trinajstić information content (AvgIpc) is 2.47. The van der Waals surface area contributed by atoms with Gasteiger partial charge in [0.15, 0.2) is 0 Å². The van der Waals surface area contributed by atoms with Crippen LogP contribution in [-0.2, 0) is 14.9 Å². The van der Waals surface area contributed by atoms with Crippen LogP contribution in [0.25, 0.3) is 0 Å². The fourth-order valence-electron chi connectivity index (χ4n) is 2.61. The summed E-state index contributed by atoms with van der Waals surface area (Å²) in [6, 6.07) is 8.50. The van der Waals surface area contributed by atoms with Gasteiger partial charge in [0, 0.05) is 13.1 Å². The number of ether oxygens (including phenoxy) is 1. The number of carbonyl (C=O) groups excluding carboxylic acids is 1. The van der Waals surface area contributed by atoms with Crippen LogP contribution in [0.2, 0.25) is 0 Å². The van der Waals surface area contributed by atoms with Crippen LogP contribution in [-0.4, -0.2) is 31.7 Å². The van der Waals surface area contributed by atoms with E-state index in [2.05, 4.69) is 55.7 Å². The predicted molar refractivity (Wildman–Crippen MR) is 88.9 cm³/mol. The van der Waals surface area contributed by atoms with Crippen molar-refractivity contribution in [2.45, 2.75) is 51.7 Å². The molecule has 1 heterocycles. The van der Waals surface area contributed by atoms with Crippen molar-refractivity contribution in [2.75, 3.05) is 19.7 Å². The monoisotopic (exact) mass is 304 g/mol. The van der Waals surface area contributed by atoms with E-state index in [-0.39, 0.29) is 23.5 Å². The highest BCUT2D eigenvalue weighted by atomic mass is 16.5. The molecule has 2 unspecified atom stereocenters. The summed E-state index contributed by atoms with van der Waals surface area (Å²) >= 11 is 0. The van der Waals surface area contributed by atoms with Crippen LogP contribution in [0.3, 0.4) is 0 Å². The molecule has 2 rings (SSSR count). The van der Waals surface area contributed by atoms with E-state index in [0.717, 1.165) is 18.7 Å². The Morgan fingerprint density at radius 2 is 2.05 bits per heavy atom. The highest BCUT2D eigenvalue weighted by Crippen LogP contribution is 2.23.